The first-order chi connectivity index (χ1) is 14.1. The monoisotopic (exact) mass is 406 g/mol. The van der Waals surface area contributed by atoms with E-state index in [1.54, 1.807) is 18.5 Å². The van der Waals surface area contributed by atoms with E-state index in [1.807, 2.05) is 42.2 Å². The van der Waals surface area contributed by atoms with Crippen molar-refractivity contribution in [1.29, 1.82) is 0 Å². The third-order valence-electron chi connectivity index (χ3n) is 5.21. The molecule has 1 aliphatic rings. The molecule has 2 aromatic heterocycles. The number of anilines is 2. The van der Waals surface area contributed by atoms with E-state index in [4.69, 9.17) is 11.6 Å². The van der Waals surface area contributed by atoms with Crippen LogP contribution >= 0.6 is 11.6 Å². The number of carbonyl (C=O) groups is 1. The standard InChI is InChI=1S/C23H23ClN4O/c1-16-10-11-19(15-25-16)27-22-20(24)13-18(14-26-22)23(29)28-12-6-5-9-21(28)17-7-3-2-4-8-17/h2-4,7-8,10-11,13-15,21H,5-6,9,12H2,1H3,(H,26,27). The van der Waals surface area contributed by atoms with Crippen LogP contribution in [-0.4, -0.2) is 27.3 Å². The zero-order chi connectivity index (χ0) is 20.2. The predicted octanol–water partition coefficient (Wildman–Crippen LogP) is 5.55. The highest BCUT2D eigenvalue weighted by Gasteiger charge is 2.29. The summed E-state index contributed by atoms with van der Waals surface area (Å²) in [6.45, 7) is 2.67. The van der Waals surface area contributed by atoms with Crippen molar-refractivity contribution in [1.82, 2.24) is 14.9 Å². The number of pyridine rings is 2. The van der Waals surface area contributed by atoms with Gasteiger partial charge in [0.2, 0.25) is 0 Å². The molecule has 5 nitrogen and oxygen atoms in total. The van der Waals surface area contributed by atoms with Crippen LogP contribution in [0.15, 0.2) is 60.9 Å². The third kappa shape index (κ3) is 4.40. The van der Waals surface area contributed by atoms with Crippen LogP contribution in [0.5, 0.6) is 0 Å². The summed E-state index contributed by atoms with van der Waals surface area (Å²) in [7, 11) is 0. The van der Waals surface area contributed by atoms with Crippen molar-refractivity contribution in [3.05, 3.63) is 82.8 Å². The van der Waals surface area contributed by atoms with Gasteiger partial charge in [-0.05, 0) is 49.9 Å². The molecule has 1 aliphatic heterocycles. The van der Waals surface area contributed by atoms with Gasteiger partial charge in [-0.1, -0.05) is 41.9 Å². The molecule has 1 aromatic carbocycles. The van der Waals surface area contributed by atoms with Gasteiger partial charge in [-0.2, -0.15) is 0 Å². The van der Waals surface area contributed by atoms with Gasteiger partial charge in [0.15, 0.2) is 0 Å². The number of amides is 1. The summed E-state index contributed by atoms with van der Waals surface area (Å²) in [5, 5.41) is 3.56. The summed E-state index contributed by atoms with van der Waals surface area (Å²) >= 11 is 6.43. The van der Waals surface area contributed by atoms with Crippen LogP contribution in [0.3, 0.4) is 0 Å². The fourth-order valence-electron chi connectivity index (χ4n) is 3.69. The summed E-state index contributed by atoms with van der Waals surface area (Å²) in [6.07, 6.45) is 6.42. The maximum Gasteiger partial charge on any atom is 0.255 e. The molecule has 0 aliphatic carbocycles. The maximum atomic E-state index is 13.2. The molecular formula is C23H23ClN4O. The number of piperidine rings is 1. The van der Waals surface area contributed by atoms with Crippen LogP contribution in [0.2, 0.25) is 5.02 Å². The molecule has 3 aromatic rings. The van der Waals surface area contributed by atoms with E-state index in [9.17, 15) is 4.79 Å². The zero-order valence-electron chi connectivity index (χ0n) is 16.3. The highest BCUT2D eigenvalue weighted by Crippen LogP contribution is 2.33. The summed E-state index contributed by atoms with van der Waals surface area (Å²) < 4.78 is 0. The second kappa shape index (κ2) is 8.62. The fourth-order valence-corrected chi connectivity index (χ4v) is 3.90. The van der Waals surface area contributed by atoms with Crippen molar-refractivity contribution in [2.45, 2.75) is 32.2 Å². The van der Waals surface area contributed by atoms with E-state index in [1.165, 1.54) is 5.56 Å². The topological polar surface area (TPSA) is 58.1 Å². The lowest BCUT2D eigenvalue weighted by atomic mass is 9.94. The fraction of sp³-hybridized carbons (Fsp3) is 0.261. The SMILES string of the molecule is Cc1ccc(Nc2ncc(C(=O)N3CCCCC3c3ccccc3)cc2Cl)cn1. The van der Waals surface area contributed by atoms with Crippen LogP contribution < -0.4 is 5.32 Å². The number of hydrogen-bond acceptors (Lipinski definition) is 4. The van der Waals surface area contributed by atoms with Crippen molar-refractivity contribution in [2.24, 2.45) is 0 Å². The van der Waals surface area contributed by atoms with Gasteiger partial charge in [-0.25, -0.2) is 4.98 Å². The number of nitrogens with zero attached hydrogens (tertiary/aromatic N) is 3. The molecule has 0 radical (unpaired) electrons. The Morgan fingerprint density at radius 3 is 2.66 bits per heavy atom. The van der Waals surface area contributed by atoms with Crippen LogP contribution in [0, 0.1) is 6.92 Å². The number of hydrogen-bond donors (Lipinski definition) is 1. The molecule has 29 heavy (non-hydrogen) atoms. The van der Waals surface area contributed by atoms with Crippen LogP contribution in [0.25, 0.3) is 0 Å². The van der Waals surface area contributed by atoms with Crippen LogP contribution in [0.4, 0.5) is 11.5 Å². The van der Waals surface area contributed by atoms with E-state index >= 15 is 0 Å². The van der Waals surface area contributed by atoms with Crippen molar-refractivity contribution in [2.75, 3.05) is 11.9 Å². The highest BCUT2D eigenvalue weighted by atomic mass is 35.5. The van der Waals surface area contributed by atoms with Crippen LogP contribution in [-0.2, 0) is 0 Å². The molecule has 148 valence electrons. The quantitative estimate of drug-likeness (QED) is 0.617. The molecule has 1 saturated heterocycles. The van der Waals surface area contributed by atoms with E-state index in [0.29, 0.717) is 16.4 Å². The zero-order valence-corrected chi connectivity index (χ0v) is 17.1. The minimum Gasteiger partial charge on any atom is -0.338 e. The van der Waals surface area contributed by atoms with E-state index in [0.717, 1.165) is 37.2 Å². The first-order valence-electron chi connectivity index (χ1n) is 9.83. The molecule has 0 saturated carbocycles. The first kappa shape index (κ1) is 19.4. The van der Waals surface area contributed by atoms with Gasteiger partial charge in [-0.15, -0.1) is 0 Å². The van der Waals surface area contributed by atoms with Gasteiger partial charge in [0.05, 0.1) is 28.5 Å². The normalized spacial score (nSPS) is 16.5. The Morgan fingerprint density at radius 1 is 1.10 bits per heavy atom. The molecule has 1 amide bonds. The number of rotatable bonds is 4. The Labute approximate surface area is 175 Å². The molecule has 4 rings (SSSR count). The highest BCUT2D eigenvalue weighted by molar-refractivity contribution is 6.33. The van der Waals surface area contributed by atoms with E-state index in [-0.39, 0.29) is 11.9 Å². The van der Waals surface area contributed by atoms with Gasteiger partial charge in [0.1, 0.15) is 5.82 Å². The van der Waals surface area contributed by atoms with Crippen molar-refractivity contribution in [3.63, 3.8) is 0 Å². The second-order valence-electron chi connectivity index (χ2n) is 7.29. The molecule has 3 heterocycles. The summed E-state index contributed by atoms with van der Waals surface area (Å²) in [4.78, 5) is 23.8. The molecule has 1 atom stereocenters. The first-order valence-corrected chi connectivity index (χ1v) is 10.2. The third-order valence-corrected chi connectivity index (χ3v) is 5.50. The van der Waals surface area contributed by atoms with Gasteiger partial charge in [0.25, 0.3) is 5.91 Å². The molecule has 0 spiro atoms. The largest absolute Gasteiger partial charge is 0.338 e. The number of carbonyl (C=O) groups excluding carboxylic acids is 1. The van der Waals surface area contributed by atoms with Crippen molar-refractivity contribution >= 4 is 29.0 Å². The summed E-state index contributed by atoms with van der Waals surface area (Å²) in [5.41, 5.74) is 3.41. The van der Waals surface area contributed by atoms with Crippen LogP contribution in [0.1, 0.15) is 46.9 Å². The summed E-state index contributed by atoms with van der Waals surface area (Å²) in [5.74, 6) is 0.476. The van der Waals surface area contributed by atoms with Crippen molar-refractivity contribution < 1.29 is 4.79 Å². The Kier molecular flexibility index (Phi) is 5.76. The number of halogens is 1. The van der Waals surface area contributed by atoms with Crippen molar-refractivity contribution in [3.8, 4) is 0 Å². The van der Waals surface area contributed by atoms with Gasteiger partial charge in [-0.3, -0.25) is 9.78 Å². The number of aromatic nitrogens is 2. The summed E-state index contributed by atoms with van der Waals surface area (Å²) in [6, 6.07) is 15.8. The van der Waals surface area contributed by atoms with E-state index in [2.05, 4.69) is 27.4 Å². The number of aryl methyl sites for hydroxylation is 1. The molecule has 1 fully saturated rings. The second-order valence-corrected chi connectivity index (χ2v) is 7.70. The van der Waals surface area contributed by atoms with Gasteiger partial charge in [0, 0.05) is 18.4 Å². The molecule has 0 bridgehead atoms. The molecular weight excluding hydrogens is 384 g/mol. The molecule has 1 unspecified atom stereocenters. The average molecular weight is 407 g/mol. The number of nitrogens with one attached hydrogen (secondary N) is 1. The Balaban J connectivity index is 1.55. The number of likely N-dealkylation sites (tertiary alicyclic amines) is 1. The Hall–Kier alpha value is -2.92. The molecule has 6 heteroatoms. The average Bonchev–Trinajstić information content (AvgIpc) is 2.77. The lowest BCUT2D eigenvalue weighted by Gasteiger charge is -2.36. The van der Waals surface area contributed by atoms with E-state index < -0.39 is 0 Å². The van der Waals surface area contributed by atoms with Gasteiger partial charge < -0.3 is 10.2 Å². The minimum atomic E-state index is -0.0310. The Morgan fingerprint density at radius 2 is 1.93 bits per heavy atom. The smallest absolute Gasteiger partial charge is 0.255 e. The number of benzene rings is 1. The van der Waals surface area contributed by atoms with Gasteiger partial charge >= 0.3 is 0 Å². The Bertz CT molecular complexity index is 992. The lowest BCUT2D eigenvalue weighted by molar-refractivity contribution is 0.0611. The minimum absolute atomic E-state index is 0.0310. The lowest BCUT2D eigenvalue weighted by Crippen LogP contribution is -2.38. The molecule has 1 N–H and O–H groups in total. The predicted molar refractivity (Wildman–Crippen MR) is 116 cm³/mol. The maximum absolute atomic E-state index is 13.2.